The van der Waals surface area contributed by atoms with E-state index in [-0.39, 0.29) is 0 Å². The summed E-state index contributed by atoms with van der Waals surface area (Å²) < 4.78 is 0. The Hall–Kier alpha value is -4.41. The molecular weight excluding hydrogens is 494 g/mol. The van der Waals surface area contributed by atoms with Crippen molar-refractivity contribution in [3.63, 3.8) is 0 Å². The highest BCUT2D eigenvalue weighted by Crippen LogP contribution is 2.34. The minimum Gasteiger partial charge on any atom is -0.198 e. The van der Waals surface area contributed by atoms with Crippen LogP contribution in [0.4, 0.5) is 0 Å². The van der Waals surface area contributed by atoms with Crippen molar-refractivity contribution in [1.29, 1.82) is 5.26 Å². The molecule has 0 bridgehead atoms. The number of nitrogens with zero attached hydrogens (tertiary/aromatic N) is 1. The van der Waals surface area contributed by atoms with Gasteiger partial charge in [-0.25, -0.2) is 0 Å². The van der Waals surface area contributed by atoms with E-state index in [0.717, 1.165) is 25.7 Å². The smallest absolute Gasteiger partial charge is 0.0625 e. The average Bonchev–Trinajstić information content (AvgIpc) is 2.98. The molecule has 0 aromatic heterocycles. The lowest BCUT2D eigenvalue weighted by atomic mass is 9.87. The Kier molecular flexibility index (Phi) is 9.12. The van der Waals surface area contributed by atoms with Gasteiger partial charge in [-0.2, -0.15) is 5.26 Å². The summed E-state index contributed by atoms with van der Waals surface area (Å²) in [7, 11) is 0. The molecule has 5 aromatic carbocycles. The first-order chi connectivity index (χ1) is 20.0. The lowest BCUT2D eigenvalue weighted by molar-refractivity contribution is 0.647. The summed E-state index contributed by atoms with van der Waals surface area (Å²) in [4.78, 5) is 0. The fraction of sp³-hybridized carbons (Fsp3) is 0.225. The Morgan fingerprint density at radius 2 is 1.15 bits per heavy atom. The zero-order valence-corrected chi connectivity index (χ0v) is 24.5. The third-order valence-electron chi connectivity index (χ3n) is 7.87. The maximum absolute atomic E-state index is 9.10. The molecule has 0 N–H and O–H groups in total. The van der Waals surface area contributed by atoms with E-state index in [1.54, 1.807) is 0 Å². The molecule has 0 fully saturated rings. The summed E-state index contributed by atoms with van der Waals surface area (Å²) in [6.45, 7) is 6.77. The van der Waals surface area contributed by atoms with E-state index < -0.39 is 0 Å². The van der Waals surface area contributed by atoms with E-state index in [4.69, 9.17) is 5.26 Å². The molecule has 0 atom stereocenters. The minimum absolute atomic E-state index is 0.554. The van der Waals surface area contributed by atoms with Gasteiger partial charge in [0.2, 0.25) is 0 Å². The monoisotopic (exact) mass is 533 g/mol. The molecule has 1 nitrogen and oxygen atoms in total. The molecule has 0 unspecified atom stereocenters. The van der Waals surface area contributed by atoms with Crippen LogP contribution in [0.5, 0.6) is 0 Å². The van der Waals surface area contributed by atoms with Gasteiger partial charge in [0.25, 0.3) is 0 Å². The first kappa shape index (κ1) is 28.1. The molecule has 5 rings (SSSR count). The SMILES string of the molecule is Cc1ccc(-c2ccc(-c3ccc(CCC#N)cc3CC(C)C)cc2Cc2ccccc2)cc1Cc1ccccc1. The van der Waals surface area contributed by atoms with Gasteiger partial charge in [-0.1, -0.05) is 129 Å². The fourth-order valence-corrected chi connectivity index (χ4v) is 5.74. The van der Waals surface area contributed by atoms with Crippen molar-refractivity contribution in [1.82, 2.24) is 0 Å². The van der Waals surface area contributed by atoms with Crippen LogP contribution in [0.3, 0.4) is 0 Å². The van der Waals surface area contributed by atoms with E-state index in [0.29, 0.717) is 12.3 Å². The van der Waals surface area contributed by atoms with Gasteiger partial charge in [0.1, 0.15) is 0 Å². The van der Waals surface area contributed by atoms with Crippen molar-refractivity contribution < 1.29 is 0 Å². The van der Waals surface area contributed by atoms with Crippen molar-refractivity contribution in [2.45, 2.75) is 52.9 Å². The molecule has 0 spiro atoms. The second-order valence-electron chi connectivity index (χ2n) is 11.6. The molecule has 0 radical (unpaired) electrons. The first-order valence-corrected chi connectivity index (χ1v) is 14.8. The molecule has 0 saturated heterocycles. The van der Waals surface area contributed by atoms with E-state index >= 15 is 0 Å². The van der Waals surface area contributed by atoms with Gasteiger partial charge in [-0.15, -0.1) is 0 Å². The van der Waals surface area contributed by atoms with E-state index in [2.05, 4.69) is 142 Å². The average molecular weight is 534 g/mol. The summed E-state index contributed by atoms with van der Waals surface area (Å²) >= 11 is 0. The minimum atomic E-state index is 0.554. The van der Waals surface area contributed by atoms with Crippen molar-refractivity contribution >= 4 is 0 Å². The molecule has 1 heteroatoms. The maximum atomic E-state index is 9.10. The van der Waals surface area contributed by atoms with Crippen LogP contribution in [-0.4, -0.2) is 0 Å². The molecule has 0 heterocycles. The van der Waals surface area contributed by atoms with Crippen molar-refractivity contribution in [3.8, 4) is 28.3 Å². The van der Waals surface area contributed by atoms with E-state index in [9.17, 15) is 0 Å². The Morgan fingerprint density at radius 3 is 1.78 bits per heavy atom. The summed E-state index contributed by atoms with van der Waals surface area (Å²) in [5.74, 6) is 0.554. The summed E-state index contributed by atoms with van der Waals surface area (Å²) in [5, 5.41) is 9.10. The Bertz CT molecular complexity index is 1640. The van der Waals surface area contributed by atoms with E-state index in [1.807, 2.05) is 0 Å². The zero-order valence-electron chi connectivity index (χ0n) is 24.5. The molecule has 0 amide bonds. The number of hydrogen-bond donors (Lipinski definition) is 0. The molecule has 0 aliphatic carbocycles. The van der Waals surface area contributed by atoms with Gasteiger partial charge < -0.3 is 0 Å². The molecule has 204 valence electrons. The lowest BCUT2D eigenvalue weighted by Gasteiger charge is -2.18. The highest BCUT2D eigenvalue weighted by atomic mass is 14.2. The van der Waals surface area contributed by atoms with Crippen LogP contribution in [0.15, 0.2) is 115 Å². The molecule has 0 aliphatic heterocycles. The lowest BCUT2D eigenvalue weighted by Crippen LogP contribution is -2.00. The number of nitriles is 1. The van der Waals surface area contributed by atoms with Crippen LogP contribution in [0.2, 0.25) is 0 Å². The van der Waals surface area contributed by atoms with Crippen LogP contribution in [0.25, 0.3) is 22.3 Å². The second-order valence-corrected chi connectivity index (χ2v) is 11.6. The largest absolute Gasteiger partial charge is 0.198 e. The number of aryl methyl sites for hydroxylation is 2. The van der Waals surface area contributed by atoms with Crippen LogP contribution >= 0.6 is 0 Å². The van der Waals surface area contributed by atoms with Crippen molar-refractivity contribution in [2.24, 2.45) is 5.92 Å². The number of benzene rings is 5. The summed E-state index contributed by atoms with van der Waals surface area (Å²) in [6.07, 6.45) is 4.19. The normalized spacial score (nSPS) is 11.0. The Labute approximate surface area is 246 Å². The maximum Gasteiger partial charge on any atom is 0.0625 e. The fourth-order valence-electron chi connectivity index (χ4n) is 5.74. The zero-order chi connectivity index (χ0) is 28.6. The van der Waals surface area contributed by atoms with Gasteiger partial charge in [-0.05, 0) is 99.7 Å². The molecule has 0 saturated carbocycles. The van der Waals surface area contributed by atoms with Crippen LogP contribution in [0, 0.1) is 24.2 Å². The molecule has 0 aliphatic rings. The molecule has 5 aromatic rings. The van der Waals surface area contributed by atoms with Crippen LogP contribution in [0.1, 0.15) is 59.2 Å². The Balaban J connectivity index is 1.58. The van der Waals surface area contributed by atoms with Gasteiger partial charge in [0.05, 0.1) is 6.07 Å². The quantitative estimate of drug-likeness (QED) is 0.175. The van der Waals surface area contributed by atoms with Crippen molar-refractivity contribution in [2.75, 3.05) is 0 Å². The van der Waals surface area contributed by atoms with Gasteiger partial charge in [0, 0.05) is 6.42 Å². The van der Waals surface area contributed by atoms with Crippen LogP contribution in [-0.2, 0) is 25.7 Å². The highest BCUT2D eigenvalue weighted by molar-refractivity contribution is 5.76. The predicted molar refractivity (Wildman–Crippen MR) is 173 cm³/mol. The van der Waals surface area contributed by atoms with Gasteiger partial charge in [0.15, 0.2) is 0 Å². The standard InChI is InChI=1S/C40H39N/c1-29(2)23-37-26-33(15-10-22-41)17-20-39(37)35-19-21-40(38(28-35)25-32-13-8-5-9-14-32)34-18-16-30(3)36(27-34)24-31-11-6-4-7-12-31/h4-9,11-14,16-21,26-29H,10,15,23-25H2,1-3H3. The second kappa shape index (κ2) is 13.3. The third kappa shape index (κ3) is 7.22. The van der Waals surface area contributed by atoms with Crippen molar-refractivity contribution in [3.05, 3.63) is 154 Å². The summed E-state index contributed by atoms with van der Waals surface area (Å²) in [5.41, 5.74) is 14.4. The topological polar surface area (TPSA) is 23.8 Å². The van der Waals surface area contributed by atoms with Crippen LogP contribution < -0.4 is 0 Å². The Morgan fingerprint density at radius 1 is 0.585 bits per heavy atom. The highest BCUT2D eigenvalue weighted by Gasteiger charge is 2.14. The van der Waals surface area contributed by atoms with Gasteiger partial charge in [-0.3, -0.25) is 0 Å². The molecule has 41 heavy (non-hydrogen) atoms. The van der Waals surface area contributed by atoms with Gasteiger partial charge >= 0.3 is 0 Å². The number of rotatable bonds is 10. The third-order valence-corrected chi connectivity index (χ3v) is 7.87. The number of hydrogen-bond acceptors (Lipinski definition) is 1. The van der Waals surface area contributed by atoms with E-state index in [1.165, 1.54) is 61.2 Å². The summed E-state index contributed by atoms with van der Waals surface area (Å²) in [6, 6.07) is 44.6. The molecular formula is C40H39N. The predicted octanol–water partition coefficient (Wildman–Crippen LogP) is 10.2. The first-order valence-electron chi connectivity index (χ1n) is 14.8.